The predicted molar refractivity (Wildman–Crippen MR) is 66.6 cm³/mol. The molecule has 1 aromatic carbocycles. The third kappa shape index (κ3) is 2.78. The molecule has 0 atom stereocenters. The van der Waals surface area contributed by atoms with Crippen LogP contribution in [0.4, 0.5) is 0 Å². The van der Waals surface area contributed by atoms with Gasteiger partial charge in [0.2, 0.25) is 0 Å². The van der Waals surface area contributed by atoms with Crippen LogP contribution in [0.25, 0.3) is 0 Å². The van der Waals surface area contributed by atoms with Crippen molar-refractivity contribution in [2.24, 2.45) is 5.41 Å². The lowest BCUT2D eigenvalue weighted by molar-refractivity contribution is 0.281. The van der Waals surface area contributed by atoms with Crippen LogP contribution in [0.15, 0.2) is 24.3 Å². The number of para-hydroxylation sites is 1. The van der Waals surface area contributed by atoms with Gasteiger partial charge in [-0.1, -0.05) is 18.2 Å². The van der Waals surface area contributed by atoms with E-state index >= 15 is 0 Å². The molecule has 0 heterocycles. The second-order valence-electron chi connectivity index (χ2n) is 4.88. The van der Waals surface area contributed by atoms with E-state index in [1.807, 2.05) is 18.2 Å². The number of hydrogen-bond acceptors (Lipinski definition) is 3. The molecule has 0 aromatic heterocycles. The third-order valence-electron chi connectivity index (χ3n) is 3.30. The van der Waals surface area contributed by atoms with Crippen LogP contribution in [0.3, 0.4) is 0 Å². The molecule has 17 heavy (non-hydrogen) atoms. The summed E-state index contributed by atoms with van der Waals surface area (Å²) in [5, 5.41) is 9.07. The normalized spacial score (nSPS) is 16.6. The zero-order valence-corrected chi connectivity index (χ0v) is 10.4. The highest BCUT2D eigenvalue weighted by Crippen LogP contribution is 2.45. The zero-order valence-electron chi connectivity index (χ0n) is 10.4. The SMILES string of the molecule is COc1ccccc1CN(C)CC1(C#N)CC1. The van der Waals surface area contributed by atoms with Gasteiger partial charge in [-0.3, -0.25) is 0 Å². The van der Waals surface area contributed by atoms with Crippen molar-refractivity contribution in [1.82, 2.24) is 4.90 Å². The molecule has 3 heteroatoms. The average Bonchev–Trinajstić information content (AvgIpc) is 3.10. The molecule has 1 aliphatic carbocycles. The van der Waals surface area contributed by atoms with E-state index < -0.39 is 0 Å². The lowest BCUT2D eigenvalue weighted by atomic mass is 10.1. The van der Waals surface area contributed by atoms with Gasteiger partial charge < -0.3 is 9.64 Å². The number of nitrogens with zero attached hydrogens (tertiary/aromatic N) is 2. The summed E-state index contributed by atoms with van der Waals surface area (Å²) in [5.74, 6) is 0.918. The van der Waals surface area contributed by atoms with Crippen molar-refractivity contribution in [2.45, 2.75) is 19.4 Å². The molecule has 1 aromatic rings. The summed E-state index contributed by atoms with van der Waals surface area (Å²) < 4.78 is 5.33. The Labute approximate surface area is 103 Å². The van der Waals surface area contributed by atoms with Crippen LogP contribution in [0, 0.1) is 16.7 Å². The number of methoxy groups -OCH3 is 1. The number of hydrogen-bond donors (Lipinski definition) is 0. The highest BCUT2D eigenvalue weighted by atomic mass is 16.5. The fourth-order valence-corrected chi connectivity index (χ4v) is 2.15. The maximum atomic E-state index is 9.07. The summed E-state index contributed by atoms with van der Waals surface area (Å²) in [7, 11) is 3.75. The lowest BCUT2D eigenvalue weighted by Crippen LogP contribution is -2.25. The van der Waals surface area contributed by atoms with Crippen molar-refractivity contribution < 1.29 is 4.74 Å². The minimum atomic E-state index is -0.0727. The summed E-state index contributed by atoms with van der Waals surface area (Å²) in [6, 6.07) is 10.5. The molecule has 90 valence electrons. The Kier molecular flexibility index (Phi) is 3.35. The zero-order chi connectivity index (χ0) is 12.3. The van der Waals surface area contributed by atoms with Gasteiger partial charge in [-0.2, -0.15) is 5.26 Å². The molecule has 0 bridgehead atoms. The quantitative estimate of drug-likeness (QED) is 0.779. The van der Waals surface area contributed by atoms with Gasteiger partial charge in [-0.25, -0.2) is 0 Å². The molecule has 0 spiro atoms. The summed E-state index contributed by atoms with van der Waals surface area (Å²) in [4.78, 5) is 2.20. The van der Waals surface area contributed by atoms with E-state index in [0.717, 1.165) is 31.7 Å². The molecule has 0 radical (unpaired) electrons. The molecule has 1 saturated carbocycles. The van der Waals surface area contributed by atoms with E-state index in [0.29, 0.717) is 0 Å². The Morgan fingerprint density at radius 1 is 1.41 bits per heavy atom. The van der Waals surface area contributed by atoms with Crippen LogP contribution in [-0.2, 0) is 6.54 Å². The fourth-order valence-electron chi connectivity index (χ4n) is 2.15. The second kappa shape index (κ2) is 4.77. The van der Waals surface area contributed by atoms with Crippen LogP contribution < -0.4 is 4.74 Å². The smallest absolute Gasteiger partial charge is 0.123 e. The first-order valence-corrected chi connectivity index (χ1v) is 5.91. The molecular weight excluding hydrogens is 212 g/mol. The van der Waals surface area contributed by atoms with Gasteiger partial charge in [0, 0.05) is 18.7 Å². The topological polar surface area (TPSA) is 36.3 Å². The van der Waals surface area contributed by atoms with Gasteiger partial charge >= 0.3 is 0 Å². The fraction of sp³-hybridized carbons (Fsp3) is 0.500. The summed E-state index contributed by atoms with van der Waals surface area (Å²) in [5.41, 5.74) is 1.10. The molecule has 1 aliphatic rings. The van der Waals surface area contributed by atoms with E-state index in [4.69, 9.17) is 10.00 Å². The van der Waals surface area contributed by atoms with Crippen molar-refractivity contribution in [3.63, 3.8) is 0 Å². The Bertz CT molecular complexity index is 432. The standard InChI is InChI=1S/C14H18N2O/c1-16(11-14(10-15)7-8-14)9-12-5-3-4-6-13(12)17-2/h3-6H,7-9,11H2,1-2H3. The van der Waals surface area contributed by atoms with E-state index in [1.165, 1.54) is 5.56 Å². The van der Waals surface area contributed by atoms with Crippen molar-refractivity contribution in [3.8, 4) is 11.8 Å². The third-order valence-corrected chi connectivity index (χ3v) is 3.30. The van der Waals surface area contributed by atoms with Gasteiger partial charge in [0.05, 0.1) is 18.6 Å². The van der Waals surface area contributed by atoms with Crippen molar-refractivity contribution in [3.05, 3.63) is 29.8 Å². The first-order valence-electron chi connectivity index (χ1n) is 5.91. The van der Waals surface area contributed by atoms with E-state index in [2.05, 4.69) is 24.1 Å². The van der Waals surface area contributed by atoms with Gasteiger partial charge in [-0.05, 0) is 26.0 Å². The largest absolute Gasteiger partial charge is 0.496 e. The van der Waals surface area contributed by atoms with Gasteiger partial charge in [0.25, 0.3) is 0 Å². The molecule has 0 unspecified atom stereocenters. The number of rotatable bonds is 5. The maximum Gasteiger partial charge on any atom is 0.123 e. The van der Waals surface area contributed by atoms with Crippen LogP contribution in [0.2, 0.25) is 0 Å². The van der Waals surface area contributed by atoms with Crippen LogP contribution in [0.1, 0.15) is 18.4 Å². The van der Waals surface area contributed by atoms with Crippen molar-refractivity contribution in [1.29, 1.82) is 5.26 Å². The second-order valence-corrected chi connectivity index (χ2v) is 4.88. The molecule has 0 saturated heterocycles. The first-order chi connectivity index (χ1) is 8.19. The van der Waals surface area contributed by atoms with E-state index in [1.54, 1.807) is 7.11 Å². The Morgan fingerprint density at radius 3 is 2.71 bits per heavy atom. The average molecular weight is 230 g/mol. The van der Waals surface area contributed by atoms with Gasteiger partial charge in [0.1, 0.15) is 5.75 Å². The highest BCUT2D eigenvalue weighted by molar-refractivity contribution is 5.33. The number of benzene rings is 1. The lowest BCUT2D eigenvalue weighted by Gasteiger charge is -2.20. The Morgan fingerprint density at radius 2 is 2.12 bits per heavy atom. The summed E-state index contributed by atoms with van der Waals surface area (Å²) in [6.45, 7) is 1.68. The molecular formula is C14H18N2O. The van der Waals surface area contributed by atoms with Crippen LogP contribution in [-0.4, -0.2) is 25.6 Å². The van der Waals surface area contributed by atoms with Crippen molar-refractivity contribution in [2.75, 3.05) is 20.7 Å². The molecule has 3 nitrogen and oxygen atoms in total. The summed E-state index contributed by atoms with van der Waals surface area (Å²) in [6.07, 6.45) is 2.08. The number of ether oxygens (including phenoxy) is 1. The van der Waals surface area contributed by atoms with E-state index in [9.17, 15) is 0 Å². The molecule has 0 aliphatic heterocycles. The molecule has 0 amide bonds. The maximum absolute atomic E-state index is 9.07. The van der Waals surface area contributed by atoms with Gasteiger partial charge in [-0.15, -0.1) is 0 Å². The Hall–Kier alpha value is -1.53. The van der Waals surface area contributed by atoms with Crippen LogP contribution >= 0.6 is 0 Å². The highest BCUT2D eigenvalue weighted by Gasteiger charge is 2.43. The van der Waals surface area contributed by atoms with E-state index in [-0.39, 0.29) is 5.41 Å². The minimum absolute atomic E-state index is 0.0727. The van der Waals surface area contributed by atoms with Crippen molar-refractivity contribution >= 4 is 0 Å². The van der Waals surface area contributed by atoms with Crippen LogP contribution in [0.5, 0.6) is 5.75 Å². The molecule has 0 N–H and O–H groups in total. The van der Waals surface area contributed by atoms with Gasteiger partial charge in [0.15, 0.2) is 0 Å². The number of nitriles is 1. The monoisotopic (exact) mass is 230 g/mol. The first kappa shape index (κ1) is 11.9. The summed E-state index contributed by atoms with van der Waals surface area (Å²) >= 11 is 0. The molecule has 2 rings (SSSR count). The predicted octanol–water partition coefficient (Wildman–Crippen LogP) is 2.43. The minimum Gasteiger partial charge on any atom is -0.496 e. The Balaban J connectivity index is 1.98. The molecule has 1 fully saturated rings.